The van der Waals surface area contributed by atoms with E-state index in [0.717, 1.165) is 57.8 Å². The summed E-state index contributed by atoms with van der Waals surface area (Å²) >= 11 is 0. The van der Waals surface area contributed by atoms with Crippen molar-refractivity contribution in [1.82, 2.24) is 5.32 Å². The van der Waals surface area contributed by atoms with Gasteiger partial charge in [0.25, 0.3) is 0 Å². The van der Waals surface area contributed by atoms with Crippen molar-refractivity contribution in [2.75, 3.05) is 13.2 Å². The molecule has 6 N–H and O–H groups in total. The summed E-state index contributed by atoms with van der Waals surface area (Å²) in [6.07, 6.45) is 52.2. The minimum absolute atomic E-state index is 0.129. The zero-order valence-corrected chi connectivity index (χ0v) is 49.6. The van der Waals surface area contributed by atoms with E-state index in [1.807, 2.05) is 6.08 Å². The fourth-order valence-corrected chi connectivity index (χ4v) is 10.4. The molecule has 11 nitrogen and oxygen atoms in total. The number of rotatable bonds is 56. The van der Waals surface area contributed by atoms with Gasteiger partial charge in [-0.05, 0) is 51.4 Å². The summed E-state index contributed by atoms with van der Waals surface area (Å²) in [7, 11) is 0. The van der Waals surface area contributed by atoms with Gasteiger partial charge in [0.05, 0.1) is 25.4 Å². The Balaban J connectivity index is 2.61. The van der Waals surface area contributed by atoms with Crippen LogP contribution in [-0.4, -0.2) is 99.6 Å². The number of esters is 1. The van der Waals surface area contributed by atoms with Crippen LogP contribution in [0.1, 0.15) is 316 Å². The van der Waals surface area contributed by atoms with Crippen molar-refractivity contribution in [2.45, 2.75) is 365 Å². The first-order chi connectivity index (χ1) is 37.2. The van der Waals surface area contributed by atoms with Gasteiger partial charge in [-0.3, -0.25) is 9.59 Å². The van der Waals surface area contributed by atoms with E-state index in [9.17, 15) is 35.1 Å². The van der Waals surface area contributed by atoms with E-state index in [4.69, 9.17) is 14.2 Å². The lowest BCUT2D eigenvalue weighted by Crippen LogP contribution is -2.61. The van der Waals surface area contributed by atoms with Gasteiger partial charge in [-0.1, -0.05) is 283 Å². The first-order valence-corrected chi connectivity index (χ1v) is 32.6. The number of amides is 1. The van der Waals surface area contributed by atoms with Crippen molar-refractivity contribution in [3.8, 4) is 0 Å². The maximum Gasteiger partial charge on any atom is 0.306 e. The maximum absolute atomic E-state index is 13.4. The number of allylic oxidation sites excluding steroid dienone is 3. The number of carbonyl (C=O) groups excluding carboxylic acids is 2. The Morgan fingerprint density at radius 1 is 0.500 bits per heavy atom. The first-order valence-electron chi connectivity index (χ1n) is 32.6. The second kappa shape index (κ2) is 53.8. The van der Waals surface area contributed by atoms with Crippen LogP contribution in [0.3, 0.4) is 0 Å². The van der Waals surface area contributed by atoms with Crippen molar-refractivity contribution < 1.29 is 49.3 Å². The molecule has 1 rings (SSSR count). The number of aliphatic hydroxyl groups is 5. The molecule has 0 radical (unpaired) electrons. The van der Waals surface area contributed by atoms with E-state index in [-0.39, 0.29) is 13.0 Å². The zero-order valence-electron chi connectivity index (χ0n) is 49.6. The lowest BCUT2D eigenvalue weighted by Gasteiger charge is -2.41. The normalized spacial score (nSPS) is 19.2. The summed E-state index contributed by atoms with van der Waals surface area (Å²) in [6.45, 7) is 5.81. The zero-order chi connectivity index (χ0) is 55.4. The highest BCUT2D eigenvalue weighted by molar-refractivity contribution is 5.80. The van der Waals surface area contributed by atoms with Gasteiger partial charge in [-0.15, -0.1) is 0 Å². The Labute approximate surface area is 467 Å². The van der Waals surface area contributed by atoms with Gasteiger partial charge in [0.2, 0.25) is 5.91 Å². The van der Waals surface area contributed by atoms with Gasteiger partial charge in [-0.25, -0.2) is 0 Å². The number of hydrogen-bond acceptors (Lipinski definition) is 10. The Morgan fingerprint density at radius 2 is 0.868 bits per heavy atom. The SMILES string of the molecule is CCCCCCCC/C=C/CCCCCCCCCCCCCCC(O)C(=O)NC(COC1OC(CO)C(O)C(O)C1OC(=O)CCCCCCCCCCCCCCC)C(O)/C=C/CCCCCCCCCCCC. The third-order valence-electron chi connectivity index (χ3n) is 15.6. The Bertz CT molecular complexity index is 1330. The largest absolute Gasteiger partial charge is 0.454 e. The van der Waals surface area contributed by atoms with Crippen molar-refractivity contribution in [3.63, 3.8) is 0 Å². The van der Waals surface area contributed by atoms with Crippen LogP contribution in [-0.2, 0) is 23.8 Å². The van der Waals surface area contributed by atoms with E-state index < -0.39 is 67.4 Å². The summed E-state index contributed by atoms with van der Waals surface area (Å²) in [4.78, 5) is 26.5. The second-order valence-corrected chi connectivity index (χ2v) is 22.9. The number of hydrogen-bond donors (Lipinski definition) is 6. The first kappa shape index (κ1) is 72.2. The van der Waals surface area contributed by atoms with Gasteiger partial charge in [0.1, 0.15) is 24.4 Å². The summed E-state index contributed by atoms with van der Waals surface area (Å²) in [6, 6.07) is -1.02. The molecular weight excluding hydrogens is 955 g/mol. The third-order valence-corrected chi connectivity index (χ3v) is 15.6. The topological polar surface area (TPSA) is 175 Å². The molecule has 1 aliphatic heterocycles. The van der Waals surface area contributed by atoms with Crippen LogP contribution in [0, 0.1) is 0 Å². The summed E-state index contributed by atoms with van der Waals surface area (Å²) in [5.74, 6) is -1.18. The molecule has 0 aliphatic carbocycles. The molecule has 8 unspecified atom stereocenters. The van der Waals surface area contributed by atoms with E-state index in [1.165, 1.54) is 212 Å². The molecule has 1 aliphatic rings. The molecular formula is C65H123NO10. The third kappa shape index (κ3) is 41.2. The molecule has 0 aromatic rings. The molecule has 11 heteroatoms. The standard InChI is InChI=1S/C65H123NO10/c1-4-7-10-13-16-19-22-25-26-27-28-29-30-31-32-33-35-37-40-43-46-49-52-58(69)64(73)66-56(57(68)51-48-45-42-39-36-24-21-18-15-12-9-6-3)55-74-65-63(62(72)61(71)59(54-67)75-65)76-60(70)53-50-47-44-41-38-34-23-20-17-14-11-8-5-2/h25-26,48,51,56-59,61-63,65,67-69,71-72H,4-24,27-47,49-50,52-55H2,1-3H3,(H,66,73)/b26-25+,51-48+. The van der Waals surface area contributed by atoms with Gasteiger partial charge in [-0.2, -0.15) is 0 Å². The van der Waals surface area contributed by atoms with Crippen LogP contribution in [0.15, 0.2) is 24.3 Å². The predicted octanol–water partition coefficient (Wildman–Crippen LogP) is 15.7. The molecule has 0 aromatic carbocycles. The number of nitrogens with one attached hydrogen (secondary N) is 1. The molecule has 448 valence electrons. The smallest absolute Gasteiger partial charge is 0.306 e. The van der Waals surface area contributed by atoms with Gasteiger partial charge >= 0.3 is 5.97 Å². The average Bonchev–Trinajstić information content (AvgIpc) is 3.42. The molecule has 8 atom stereocenters. The van der Waals surface area contributed by atoms with Gasteiger partial charge < -0.3 is 45.1 Å². The van der Waals surface area contributed by atoms with E-state index in [2.05, 4.69) is 38.2 Å². The molecule has 1 amide bonds. The molecule has 0 bridgehead atoms. The van der Waals surface area contributed by atoms with Crippen LogP contribution in [0.5, 0.6) is 0 Å². The maximum atomic E-state index is 13.4. The van der Waals surface area contributed by atoms with Crippen molar-refractivity contribution in [3.05, 3.63) is 24.3 Å². The minimum atomic E-state index is -1.61. The lowest BCUT2D eigenvalue weighted by atomic mass is 9.99. The highest BCUT2D eigenvalue weighted by Gasteiger charge is 2.47. The van der Waals surface area contributed by atoms with Crippen LogP contribution < -0.4 is 5.32 Å². The molecule has 1 fully saturated rings. The van der Waals surface area contributed by atoms with Crippen LogP contribution >= 0.6 is 0 Å². The minimum Gasteiger partial charge on any atom is -0.454 e. The molecule has 1 saturated heterocycles. The second-order valence-electron chi connectivity index (χ2n) is 22.9. The highest BCUT2D eigenvalue weighted by Crippen LogP contribution is 2.26. The fourth-order valence-electron chi connectivity index (χ4n) is 10.4. The molecule has 76 heavy (non-hydrogen) atoms. The Hall–Kier alpha value is -1.86. The highest BCUT2D eigenvalue weighted by atomic mass is 16.7. The number of carbonyl (C=O) groups is 2. The number of aliphatic hydroxyl groups excluding tert-OH is 5. The summed E-state index contributed by atoms with van der Waals surface area (Å²) in [5.41, 5.74) is 0. The summed E-state index contributed by atoms with van der Waals surface area (Å²) < 4.78 is 17.6. The van der Waals surface area contributed by atoms with Gasteiger partial charge in [0.15, 0.2) is 12.4 Å². The molecule has 0 spiro atoms. The Kier molecular flexibility index (Phi) is 51.0. The Morgan fingerprint density at radius 3 is 1.28 bits per heavy atom. The van der Waals surface area contributed by atoms with E-state index >= 15 is 0 Å². The quantitative estimate of drug-likeness (QED) is 0.0195. The van der Waals surface area contributed by atoms with Crippen molar-refractivity contribution in [2.24, 2.45) is 0 Å². The lowest BCUT2D eigenvalue weighted by molar-refractivity contribution is -0.305. The van der Waals surface area contributed by atoms with Crippen LogP contribution in [0.25, 0.3) is 0 Å². The van der Waals surface area contributed by atoms with Gasteiger partial charge in [0, 0.05) is 6.42 Å². The number of ether oxygens (including phenoxy) is 3. The molecule has 0 saturated carbocycles. The van der Waals surface area contributed by atoms with Crippen molar-refractivity contribution >= 4 is 11.9 Å². The van der Waals surface area contributed by atoms with Crippen LogP contribution in [0.4, 0.5) is 0 Å². The molecule has 1 heterocycles. The molecule has 0 aromatic heterocycles. The van der Waals surface area contributed by atoms with E-state index in [1.54, 1.807) is 6.08 Å². The predicted molar refractivity (Wildman–Crippen MR) is 315 cm³/mol. The average molecular weight is 1080 g/mol. The van der Waals surface area contributed by atoms with Crippen LogP contribution in [0.2, 0.25) is 0 Å². The summed E-state index contributed by atoms with van der Waals surface area (Å²) in [5, 5.41) is 57.0. The fraction of sp³-hybridized carbons (Fsp3) is 0.908. The van der Waals surface area contributed by atoms with E-state index in [0.29, 0.717) is 19.3 Å². The monoisotopic (exact) mass is 1080 g/mol. The van der Waals surface area contributed by atoms with Crippen molar-refractivity contribution in [1.29, 1.82) is 0 Å². The number of unbranched alkanes of at least 4 members (excludes halogenated alkanes) is 40.